The van der Waals surface area contributed by atoms with Gasteiger partial charge in [0, 0.05) is 12.6 Å². The van der Waals surface area contributed by atoms with E-state index in [9.17, 15) is 0 Å². The summed E-state index contributed by atoms with van der Waals surface area (Å²) in [6, 6.07) is 5.03. The maximum atomic E-state index is 5.88. The Morgan fingerprint density at radius 2 is 2.00 bits per heavy atom. The predicted octanol–water partition coefficient (Wildman–Crippen LogP) is 4.99. The van der Waals surface area contributed by atoms with E-state index in [1.54, 1.807) is 0 Å². The van der Waals surface area contributed by atoms with Crippen LogP contribution in [0.4, 0.5) is 0 Å². The molecular formula is C15H21Br2NOS. The fraction of sp³-hybridized carbons (Fsp3) is 0.600. The van der Waals surface area contributed by atoms with Crippen LogP contribution < -0.4 is 10.1 Å². The first kappa shape index (κ1) is 16.7. The highest BCUT2D eigenvalue weighted by atomic mass is 79.9. The van der Waals surface area contributed by atoms with E-state index in [0.29, 0.717) is 0 Å². The third-order valence-corrected chi connectivity index (χ3v) is 5.28. The van der Waals surface area contributed by atoms with Gasteiger partial charge in [-0.3, -0.25) is 0 Å². The van der Waals surface area contributed by atoms with Crippen molar-refractivity contribution in [2.24, 2.45) is 0 Å². The summed E-state index contributed by atoms with van der Waals surface area (Å²) >= 11 is 9.19. The lowest BCUT2D eigenvalue weighted by Gasteiger charge is -2.12. The number of benzene rings is 1. The topological polar surface area (TPSA) is 21.3 Å². The van der Waals surface area contributed by atoms with E-state index in [1.807, 2.05) is 11.8 Å². The van der Waals surface area contributed by atoms with Crippen molar-refractivity contribution >= 4 is 43.6 Å². The molecule has 0 aromatic heterocycles. The quantitative estimate of drug-likeness (QED) is 0.566. The SMILES string of the molecule is CCSCCCOc1c(Br)cc(CNC2CC2)cc1Br. The molecule has 5 heteroatoms. The second-order valence-corrected chi connectivity index (χ2v) is 8.05. The van der Waals surface area contributed by atoms with Crippen molar-refractivity contribution in [2.45, 2.75) is 38.8 Å². The van der Waals surface area contributed by atoms with Gasteiger partial charge >= 0.3 is 0 Å². The van der Waals surface area contributed by atoms with Gasteiger partial charge in [-0.15, -0.1) is 0 Å². The Labute approximate surface area is 142 Å². The van der Waals surface area contributed by atoms with Crippen LogP contribution in [-0.4, -0.2) is 24.2 Å². The van der Waals surface area contributed by atoms with Crippen molar-refractivity contribution in [3.8, 4) is 5.75 Å². The van der Waals surface area contributed by atoms with Crippen LogP contribution >= 0.6 is 43.6 Å². The summed E-state index contributed by atoms with van der Waals surface area (Å²) in [6.45, 7) is 3.88. The highest BCUT2D eigenvalue weighted by molar-refractivity contribution is 9.11. The number of ether oxygens (including phenoxy) is 1. The van der Waals surface area contributed by atoms with Crippen molar-refractivity contribution in [1.29, 1.82) is 0 Å². The Bertz CT molecular complexity index is 415. The van der Waals surface area contributed by atoms with Crippen LogP contribution in [0, 0.1) is 0 Å². The molecule has 1 aromatic carbocycles. The Hall–Kier alpha value is 0.290. The van der Waals surface area contributed by atoms with Crippen molar-refractivity contribution in [3.63, 3.8) is 0 Å². The van der Waals surface area contributed by atoms with Gasteiger partial charge in [-0.25, -0.2) is 0 Å². The monoisotopic (exact) mass is 421 g/mol. The summed E-state index contributed by atoms with van der Waals surface area (Å²) in [5, 5.41) is 3.53. The van der Waals surface area contributed by atoms with Gasteiger partial charge in [-0.05, 0) is 80.3 Å². The second-order valence-electron chi connectivity index (χ2n) is 4.94. The van der Waals surface area contributed by atoms with Crippen LogP contribution in [0.5, 0.6) is 5.75 Å². The first-order chi connectivity index (χ1) is 9.70. The fourth-order valence-corrected chi connectivity index (χ4v) is 4.00. The number of nitrogens with one attached hydrogen (secondary N) is 1. The highest BCUT2D eigenvalue weighted by Crippen LogP contribution is 2.35. The average molecular weight is 423 g/mol. The minimum Gasteiger partial charge on any atom is -0.491 e. The van der Waals surface area contributed by atoms with Crippen molar-refractivity contribution in [3.05, 3.63) is 26.6 Å². The predicted molar refractivity (Wildman–Crippen MR) is 94.8 cm³/mol. The van der Waals surface area contributed by atoms with Gasteiger partial charge in [-0.1, -0.05) is 6.92 Å². The molecule has 1 N–H and O–H groups in total. The van der Waals surface area contributed by atoms with Gasteiger partial charge in [0.25, 0.3) is 0 Å². The normalized spacial score (nSPS) is 14.6. The molecule has 0 bridgehead atoms. The van der Waals surface area contributed by atoms with E-state index < -0.39 is 0 Å². The lowest BCUT2D eigenvalue weighted by Crippen LogP contribution is -2.15. The van der Waals surface area contributed by atoms with E-state index in [1.165, 1.54) is 24.2 Å². The second kappa shape index (κ2) is 8.66. The molecule has 0 amide bonds. The zero-order valence-corrected chi connectivity index (χ0v) is 15.7. The van der Waals surface area contributed by atoms with Gasteiger partial charge in [0.05, 0.1) is 15.6 Å². The minimum absolute atomic E-state index is 0.736. The first-order valence-electron chi connectivity index (χ1n) is 7.12. The Morgan fingerprint density at radius 3 is 2.60 bits per heavy atom. The van der Waals surface area contributed by atoms with Crippen LogP contribution in [0.2, 0.25) is 0 Å². The smallest absolute Gasteiger partial charge is 0.147 e. The lowest BCUT2D eigenvalue weighted by atomic mass is 10.2. The third-order valence-electron chi connectivity index (χ3n) is 3.11. The van der Waals surface area contributed by atoms with Crippen LogP contribution in [-0.2, 0) is 6.54 Å². The van der Waals surface area contributed by atoms with Gasteiger partial charge in [0.2, 0.25) is 0 Å². The van der Waals surface area contributed by atoms with Gasteiger partial charge in [0.15, 0.2) is 0 Å². The molecule has 1 aromatic rings. The first-order valence-corrected chi connectivity index (χ1v) is 9.86. The molecule has 112 valence electrons. The number of thioether (sulfide) groups is 1. The minimum atomic E-state index is 0.736. The molecule has 0 spiro atoms. The molecule has 0 unspecified atom stereocenters. The summed E-state index contributed by atoms with van der Waals surface area (Å²) in [6.07, 6.45) is 3.72. The average Bonchev–Trinajstić information content (AvgIpc) is 3.23. The maximum absolute atomic E-state index is 5.88. The van der Waals surface area contributed by atoms with Crippen molar-refractivity contribution in [1.82, 2.24) is 5.32 Å². The van der Waals surface area contributed by atoms with Crippen molar-refractivity contribution in [2.75, 3.05) is 18.1 Å². The molecule has 0 atom stereocenters. The van der Waals surface area contributed by atoms with Crippen LogP contribution in [0.25, 0.3) is 0 Å². The largest absolute Gasteiger partial charge is 0.491 e. The van der Waals surface area contributed by atoms with Crippen LogP contribution in [0.3, 0.4) is 0 Å². The molecule has 1 aliphatic carbocycles. The number of hydrogen-bond acceptors (Lipinski definition) is 3. The number of rotatable bonds is 9. The zero-order chi connectivity index (χ0) is 14.4. The molecule has 20 heavy (non-hydrogen) atoms. The molecule has 0 aliphatic heterocycles. The summed E-state index contributed by atoms with van der Waals surface area (Å²) in [5.41, 5.74) is 1.28. The number of hydrogen-bond donors (Lipinski definition) is 1. The molecule has 1 saturated carbocycles. The van der Waals surface area contributed by atoms with E-state index in [0.717, 1.165) is 46.1 Å². The van der Waals surface area contributed by atoms with Crippen LogP contribution in [0.1, 0.15) is 31.7 Å². The van der Waals surface area contributed by atoms with E-state index in [-0.39, 0.29) is 0 Å². The van der Waals surface area contributed by atoms with E-state index in [4.69, 9.17) is 4.74 Å². The Balaban J connectivity index is 1.84. The Morgan fingerprint density at radius 1 is 1.30 bits per heavy atom. The lowest BCUT2D eigenvalue weighted by molar-refractivity contribution is 0.314. The fourth-order valence-electron chi connectivity index (χ4n) is 1.88. The van der Waals surface area contributed by atoms with Crippen LogP contribution in [0.15, 0.2) is 21.1 Å². The molecule has 0 heterocycles. The summed E-state index contributed by atoms with van der Waals surface area (Å²) in [7, 11) is 0. The number of halogens is 2. The maximum Gasteiger partial charge on any atom is 0.147 e. The van der Waals surface area contributed by atoms with Gasteiger partial charge in [0.1, 0.15) is 5.75 Å². The van der Waals surface area contributed by atoms with Gasteiger partial charge in [-0.2, -0.15) is 11.8 Å². The van der Waals surface area contributed by atoms with E-state index in [2.05, 4.69) is 56.2 Å². The molecule has 0 saturated heterocycles. The molecule has 2 rings (SSSR count). The van der Waals surface area contributed by atoms with Gasteiger partial charge < -0.3 is 10.1 Å². The molecule has 1 aliphatic rings. The molecule has 1 fully saturated rings. The summed E-state index contributed by atoms with van der Waals surface area (Å²) in [4.78, 5) is 0. The standard InChI is InChI=1S/C15H21Br2NOS/c1-2-20-7-3-6-19-15-13(16)8-11(9-14(15)17)10-18-12-4-5-12/h8-9,12,18H,2-7,10H2,1H3. The van der Waals surface area contributed by atoms with E-state index >= 15 is 0 Å². The van der Waals surface area contributed by atoms with Crippen molar-refractivity contribution < 1.29 is 4.74 Å². The molecule has 2 nitrogen and oxygen atoms in total. The molecule has 0 radical (unpaired) electrons. The summed E-state index contributed by atoms with van der Waals surface area (Å²) in [5.74, 6) is 3.26. The highest BCUT2D eigenvalue weighted by Gasteiger charge is 2.20. The Kier molecular flexibility index (Phi) is 7.22. The zero-order valence-electron chi connectivity index (χ0n) is 11.8. The summed E-state index contributed by atoms with van der Waals surface area (Å²) < 4.78 is 7.94. The third kappa shape index (κ3) is 5.58. The molecular weight excluding hydrogens is 402 g/mol.